The smallest absolute Gasteiger partial charge is 0.337 e. The Morgan fingerprint density at radius 1 is 1.19 bits per heavy atom. The molecule has 2 rings (SSSR count). The summed E-state index contributed by atoms with van der Waals surface area (Å²) in [5.74, 6) is 0.126. The molecule has 0 atom stereocenters. The Kier molecular flexibility index (Phi) is 5.11. The van der Waals surface area contributed by atoms with Crippen LogP contribution in [0.15, 0.2) is 46.9 Å². The zero-order chi connectivity index (χ0) is 15.2. The molecular weight excluding hydrogens is 336 g/mol. The summed E-state index contributed by atoms with van der Waals surface area (Å²) in [6.07, 6.45) is 0.750. The van der Waals surface area contributed by atoms with Crippen molar-refractivity contribution in [2.24, 2.45) is 0 Å². The van der Waals surface area contributed by atoms with E-state index < -0.39 is 0 Å². The molecule has 0 bridgehead atoms. The molecule has 0 aromatic heterocycles. The summed E-state index contributed by atoms with van der Waals surface area (Å²) in [6, 6.07) is 12.2. The van der Waals surface area contributed by atoms with Crippen LogP contribution in [-0.4, -0.2) is 19.4 Å². The number of aldehydes is 1. The molecule has 108 valence electrons. The molecule has 0 unspecified atom stereocenters. The minimum absolute atomic E-state index is 0.297. The lowest BCUT2D eigenvalue weighted by Crippen LogP contribution is -2.02. The molecule has 0 fully saturated rings. The summed E-state index contributed by atoms with van der Waals surface area (Å²) in [7, 11) is 1.34. The summed E-state index contributed by atoms with van der Waals surface area (Å²) < 4.78 is 11.0. The van der Waals surface area contributed by atoms with Crippen LogP contribution in [0.1, 0.15) is 26.3 Å². The summed E-state index contributed by atoms with van der Waals surface area (Å²) in [4.78, 5) is 22.3. The van der Waals surface area contributed by atoms with Gasteiger partial charge in [0.25, 0.3) is 0 Å². The second kappa shape index (κ2) is 7.04. The SMILES string of the molecule is COC(=O)c1ccc(COc2c(Br)cccc2C=O)cc1. The molecule has 4 nitrogen and oxygen atoms in total. The van der Waals surface area contributed by atoms with Crippen molar-refractivity contribution in [1.29, 1.82) is 0 Å². The fourth-order valence-corrected chi connectivity index (χ4v) is 2.28. The highest BCUT2D eigenvalue weighted by atomic mass is 79.9. The topological polar surface area (TPSA) is 52.6 Å². The molecule has 0 heterocycles. The first kappa shape index (κ1) is 15.3. The zero-order valence-corrected chi connectivity index (χ0v) is 12.9. The van der Waals surface area contributed by atoms with E-state index in [1.807, 2.05) is 6.07 Å². The van der Waals surface area contributed by atoms with Crippen LogP contribution < -0.4 is 4.74 Å². The number of carbonyl (C=O) groups excluding carboxylic acids is 2. The molecule has 0 N–H and O–H groups in total. The van der Waals surface area contributed by atoms with Crippen LogP contribution >= 0.6 is 15.9 Å². The van der Waals surface area contributed by atoms with Crippen LogP contribution in [0.4, 0.5) is 0 Å². The molecule has 0 radical (unpaired) electrons. The highest BCUT2D eigenvalue weighted by Crippen LogP contribution is 2.28. The Hall–Kier alpha value is -2.14. The van der Waals surface area contributed by atoms with Gasteiger partial charge < -0.3 is 9.47 Å². The average molecular weight is 349 g/mol. The lowest BCUT2D eigenvalue weighted by molar-refractivity contribution is 0.0600. The van der Waals surface area contributed by atoms with Crippen molar-refractivity contribution >= 4 is 28.2 Å². The first-order valence-corrected chi connectivity index (χ1v) is 6.98. The minimum atomic E-state index is -0.378. The number of rotatable bonds is 5. The lowest BCUT2D eigenvalue weighted by atomic mass is 10.1. The van der Waals surface area contributed by atoms with Gasteiger partial charge in [0.2, 0.25) is 0 Å². The number of esters is 1. The Labute approximate surface area is 130 Å². The van der Waals surface area contributed by atoms with Crippen LogP contribution in [0, 0.1) is 0 Å². The predicted octanol–water partition coefficient (Wildman–Crippen LogP) is 3.63. The van der Waals surface area contributed by atoms with Gasteiger partial charge in [0.05, 0.1) is 22.7 Å². The number of carbonyl (C=O) groups is 2. The van der Waals surface area contributed by atoms with Crippen LogP contribution in [0.3, 0.4) is 0 Å². The predicted molar refractivity (Wildman–Crippen MR) is 81.6 cm³/mol. The zero-order valence-electron chi connectivity index (χ0n) is 11.3. The fraction of sp³-hybridized carbons (Fsp3) is 0.125. The van der Waals surface area contributed by atoms with E-state index in [9.17, 15) is 9.59 Å². The third kappa shape index (κ3) is 3.70. The van der Waals surface area contributed by atoms with E-state index in [0.29, 0.717) is 23.5 Å². The highest BCUT2D eigenvalue weighted by Gasteiger charge is 2.08. The van der Waals surface area contributed by atoms with E-state index in [1.165, 1.54) is 7.11 Å². The van der Waals surface area contributed by atoms with Gasteiger partial charge in [0.1, 0.15) is 12.4 Å². The van der Waals surface area contributed by atoms with Crippen molar-refractivity contribution in [3.05, 3.63) is 63.6 Å². The molecular formula is C16H13BrO4. The third-order valence-electron chi connectivity index (χ3n) is 2.88. The molecule has 0 aliphatic carbocycles. The average Bonchev–Trinajstić information content (AvgIpc) is 2.53. The van der Waals surface area contributed by atoms with Crippen LogP contribution in [-0.2, 0) is 11.3 Å². The molecule has 0 aliphatic heterocycles. The third-order valence-corrected chi connectivity index (χ3v) is 3.51. The molecule has 21 heavy (non-hydrogen) atoms. The fourth-order valence-electron chi connectivity index (χ4n) is 1.78. The van der Waals surface area contributed by atoms with Gasteiger partial charge in [-0.2, -0.15) is 0 Å². The van der Waals surface area contributed by atoms with Gasteiger partial charge in [-0.1, -0.05) is 18.2 Å². The summed E-state index contributed by atoms with van der Waals surface area (Å²) in [6.45, 7) is 0.297. The van der Waals surface area contributed by atoms with Gasteiger partial charge in [-0.15, -0.1) is 0 Å². The Balaban J connectivity index is 2.10. The van der Waals surface area contributed by atoms with Gasteiger partial charge in [0.15, 0.2) is 6.29 Å². The molecule has 0 saturated carbocycles. The summed E-state index contributed by atoms with van der Waals surface area (Å²) in [5.41, 5.74) is 1.85. The lowest BCUT2D eigenvalue weighted by Gasteiger charge is -2.10. The van der Waals surface area contributed by atoms with Crippen molar-refractivity contribution in [2.75, 3.05) is 7.11 Å². The van der Waals surface area contributed by atoms with Crippen molar-refractivity contribution in [1.82, 2.24) is 0 Å². The van der Waals surface area contributed by atoms with E-state index in [-0.39, 0.29) is 5.97 Å². The van der Waals surface area contributed by atoms with Crippen LogP contribution in [0.25, 0.3) is 0 Å². The van der Waals surface area contributed by atoms with Gasteiger partial charge in [0, 0.05) is 0 Å². The van der Waals surface area contributed by atoms with E-state index in [4.69, 9.17) is 4.74 Å². The van der Waals surface area contributed by atoms with Crippen molar-refractivity contribution in [3.8, 4) is 5.75 Å². The minimum Gasteiger partial charge on any atom is -0.487 e. The van der Waals surface area contributed by atoms with E-state index in [1.54, 1.807) is 36.4 Å². The number of para-hydroxylation sites is 1. The van der Waals surface area contributed by atoms with Crippen molar-refractivity contribution in [3.63, 3.8) is 0 Å². The Bertz CT molecular complexity index is 650. The molecule has 2 aromatic carbocycles. The molecule has 2 aromatic rings. The molecule has 0 amide bonds. The second-order valence-electron chi connectivity index (χ2n) is 4.25. The molecule has 0 spiro atoms. The van der Waals surface area contributed by atoms with Crippen molar-refractivity contribution in [2.45, 2.75) is 6.61 Å². The Morgan fingerprint density at radius 2 is 1.90 bits per heavy atom. The number of benzene rings is 2. The maximum Gasteiger partial charge on any atom is 0.337 e. The number of ether oxygens (including phenoxy) is 2. The van der Waals surface area contributed by atoms with E-state index in [2.05, 4.69) is 20.7 Å². The van der Waals surface area contributed by atoms with E-state index in [0.717, 1.165) is 16.3 Å². The monoisotopic (exact) mass is 348 g/mol. The highest BCUT2D eigenvalue weighted by molar-refractivity contribution is 9.10. The van der Waals surface area contributed by atoms with E-state index >= 15 is 0 Å². The number of hydrogen-bond donors (Lipinski definition) is 0. The molecule has 0 saturated heterocycles. The summed E-state index contributed by atoms with van der Waals surface area (Å²) in [5, 5.41) is 0. The second-order valence-corrected chi connectivity index (χ2v) is 5.11. The first-order valence-electron chi connectivity index (χ1n) is 6.19. The first-order chi connectivity index (χ1) is 10.2. The maximum absolute atomic E-state index is 11.3. The largest absolute Gasteiger partial charge is 0.487 e. The van der Waals surface area contributed by atoms with Crippen molar-refractivity contribution < 1.29 is 19.1 Å². The summed E-state index contributed by atoms with van der Waals surface area (Å²) >= 11 is 3.36. The van der Waals surface area contributed by atoms with Gasteiger partial charge >= 0.3 is 5.97 Å². The normalized spacial score (nSPS) is 10.0. The standard InChI is InChI=1S/C16H13BrO4/c1-20-16(19)12-7-5-11(6-8-12)10-21-15-13(9-18)3-2-4-14(15)17/h2-9H,10H2,1H3. The Morgan fingerprint density at radius 3 is 2.52 bits per heavy atom. The number of halogens is 1. The number of hydrogen-bond acceptors (Lipinski definition) is 4. The molecule has 0 aliphatic rings. The van der Waals surface area contributed by atoms with Gasteiger partial charge in [-0.3, -0.25) is 4.79 Å². The maximum atomic E-state index is 11.3. The van der Waals surface area contributed by atoms with Gasteiger partial charge in [-0.05, 0) is 45.8 Å². The quantitative estimate of drug-likeness (QED) is 0.611. The number of methoxy groups -OCH3 is 1. The van der Waals surface area contributed by atoms with Gasteiger partial charge in [-0.25, -0.2) is 4.79 Å². The van der Waals surface area contributed by atoms with Crippen LogP contribution in [0.2, 0.25) is 0 Å². The van der Waals surface area contributed by atoms with Crippen LogP contribution in [0.5, 0.6) is 5.75 Å². The molecule has 5 heteroatoms.